The minimum Gasteiger partial charge on any atom is -0.378 e. The van der Waals surface area contributed by atoms with Crippen molar-refractivity contribution in [3.8, 4) is 0 Å². The Morgan fingerprint density at radius 1 is 1.43 bits per heavy atom. The predicted octanol–water partition coefficient (Wildman–Crippen LogP) is 3.12. The van der Waals surface area contributed by atoms with E-state index in [1.54, 1.807) is 7.11 Å². The van der Waals surface area contributed by atoms with Gasteiger partial charge in [-0.15, -0.1) is 11.3 Å². The van der Waals surface area contributed by atoms with Gasteiger partial charge in [0.05, 0.1) is 12.3 Å². The van der Waals surface area contributed by atoms with Crippen LogP contribution in [0.2, 0.25) is 0 Å². The van der Waals surface area contributed by atoms with E-state index in [0.717, 1.165) is 30.5 Å². The van der Waals surface area contributed by atoms with Crippen molar-refractivity contribution in [3.05, 3.63) is 10.6 Å². The summed E-state index contributed by atoms with van der Waals surface area (Å²) in [7, 11) is 1.74. The highest BCUT2D eigenvalue weighted by Gasteiger charge is 2.22. The number of hydrogen-bond donors (Lipinski definition) is 1. The zero-order valence-corrected chi connectivity index (χ0v) is 15.4. The van der Waals surface area contributed by atoms with E-state index < -0.39 is 0 Å². The minimum absolute atomic E-state index is 0.116. The molecule has 2 rings (SSSR count). The molecule has 0 aliphatic carbocycles. The topological polar surface area (TPSA) is 37.4 Å². The molecule has 1 aliphatic rings. The van der Waals surface area contributed by atoms with Gasteiger partial charge in [-0.1, -0.05) is 6.92 Å². The highest BCUT2D eigenvalue weighted by Crippen LogP contribution is 2.30. The van der Waals surface area contributed by atoms with Crippen molar-refractivity contribution < 1.29 is 4.74 Å². The highest BCUT2D eigenvalue weighted by atomic mass is 32.2. The van der Waals surface area contributed by atoms with Crippen molar-refractivity contribution in [3.63, 3.8) is 0 Å². The average Bonchev–Trinajstić information content (AvgIpc) is 2.79. The Kier molecular flexibility index (Phi) is 5.94. The summed E-state index contributed by atoms with van der Waals surface area (Å²) in [4.78, 5) is 8.55. The van der Waals surface area contributed by atoms with Gasteiger partial charge in [-0.05, 0) is 20.8 Å². The van der Waals surface area contributed by atoms with Gasteiger partial charge in [-0.2, -0.15) is 11.8 Å². The van der Waals surface area contributed by atoms with E-state index in [2.05, 4.69) is 37.9 Å². The molecule has 1 saturated heterocycles. The zero-order chi connectivity index (χ0) is 15.5. The number of thioether (sulfide) groups is 1. The first-order chi connectivity index (χ1) is 9.89. The maximum Gasteiger partial charge on any atom is 0.185 e. The molecule has 1 aromatic heterocycles. The molecule has 0 bridgehead atoms. The first kappa shape index (κ1) is 17.1. The summed E-state index contributed by atoms with van der Waals surface area (Å²) in [6.45, 7) is 12.5. The molecule has 6 heteroatoms. The van der Waals surface area contributed by atoms with Crippen LogP contribution >= 0.6 is 23.1 Å². The van der Waals surface area contributed by atoms with Crippen LogP contribution in [-0.2, 0) is 17.9 Å². The van der Waals surface area contributed by atoms with Crippen LogP contribution in [0.5, 0.6) is 0 Å². The lowest BCUT2D eigenvalue weighted by atomic mass is 10.1. The summed E-state index contributed by atoms with van der Waals surface area (Å²) in [6, 6.07) is 0. The van der Waals surface area contributed by atoms with E-state index >= 15 is 0 Å². The van der Waals surface area contributed by atoms with Crippen LogP contribution in [0.1, 0.15) is 38.3 Å². The fourth-order valence-electron chi connectivity index (χ4n) is 2.23. The molecule has 0 amide bonds. The lowest BCUT2D eigenvalue weighted by Crippen LogP contribution is -2.36. The number of ether oxygens (including phenoxy) is 1. The van der Waals surface area contributed by atoms with Gasteiger partial charge in [0.15, 0.2) is 5.13 Å². The maximum atomic E-state index is 5.32. The van der Waals surface area contributed by atoms with Crippen LogP contribution in [0.4, 0.5) is 5.13 Å². The van der Waals surface area contributed by atoms with Gasteiger partial charge in [-0.3, -0.25) is 0 Å². The first-order valence-corrected chi connectivity index (χ1v) is 9.34. The second-order valence-corrected chi connectivity index (χ2v) is 9.14. The summed E-state index contributed by atoms with van der Waals surface area (Å²) in [5.41, 5.74) is 1.20. The van der Waals surface area contributed by atoms with Crippen molar-refractivity contribution in [2.45, 2.75) is 51.6 Å². The standard InChI is InChI=1S/C15H27N3OS2/c1-11-9-18(6-7-20-11)14-17-12(10-19-5)13(21-14)8-16-15(2,3)4/h11,16H,6-10H2,1-5H3. The third kappa shape index (κ3) is 5.13. The SMILES string of the molecule is COCc1nc(N2CCSC(C)C2)sc1CNC(C)(C)C. The third-order valence-electron chi connectivity index (χ3n) is 3.34. The lowest BCUT2D eigenvalue weighted by molar-refractivity contribution is 0.181. The summed E-state index contributed by atoms with van der Waals surface area (Å²) < 4.78 is 5.32. The zero-order valence-electron chi connectivity index (χ0n) is 13.7. The summed E-state index contributed by atoms with van der Waals surface area (Å²) in [6.07, 6.45) is 0. The summed E-state index contributed by atoms with van der Waals surface area (Å²) >= 11 is 3.86. The molecule has 0 radical (unpaired) electrons. The fourth-order valence-corrected chi connectivity index (χ4v) is 4.28. The van der Waals surface area contributed by atoms with E-state index in [9.17, 15) is 0 Å². The van der Waals surface area contributed by atoms with Gasteiger partial charge in [0.2, 0.25) is 0 Å². The Balaban J connectivity index is 2.12. The molecule has 0 aromatic carbocycles. The smallest absolute Gasteiger partial charge is 0.185 e. The molecular formula is C15H27N3OS2. The van der Waals surface area contributed by atoms with Gasteiger partial charge in [-0.25, -0.2) is 4.98 Å². The van der Waals surface area contributed by atoms with E-state index in [0.29, 0.717) is 11.9 Å². The number of methoxy groups -OCH3 is 1. The van der Waals surface area contributed by atoms with Gasteiger partial charge >= 0.3 is 0 Å². The van der Waals surface area contributed by atoms with Crippen LogP contribution in [0, 0.1) is 0 Å². The van der Waals surface area contributed by atoms with Crippen LogP contribution in [0.3, 0.4) is 0 Å². The normalized spacial score (nSPS) is 20.0. The molecule has 4 nitrogen and oxygen atoms in total. The molecule has 0 saturated carbocycles. The van der Waals surface area contributed by atoms with Crippen molar-refractivity contribution in [1.29, 1.82) is 0 Å². The van der Waals surface area contributed by atoms with E-state index in [1.807, 2.05) is 23.1 Å². The van der Waals surface area contributed by atoms with E-state index in [-0.39, 0.29) is 5.54 Å². The quantitative estimate of drug-likeness (QED) is 0.898. The molecule has 120 valence electrons. The molecule has 1 unspecified atom stereocenters. The number of thiazole rings is 1. The molecule has 1 atom stereocenters. The van der Waals surface area contributed by atoms with E-state index in [1.165, 1.54) is 10.6 Å². The summed E-state index contributed by atoms with van der Waals surface area (Å²) in [5, 5.41) is 5.39. The average molecular weight is 330 g/mol. The Hall–Kier alpha value is -0.300. The molecule has 21 heavy (non-hydrogen) atoms. The van der Waals surface area contributed by atoms with Gasteiger partial charge in [0, 0.05) is 48.2 Å². The second kappa shape index (κ2) is 7.31. The van der Waals surface area contributed by atoms with Gasteiger partial charge in [0.1, 0.15) is 0 Å². The Bertz CT molecular complexity index is 456. The largest absolute Gasteiger partial charge is 0.378 e. The predicted molar refractivity (Wildman–Crippen MR) is 93.6 cm³/mol. The van der Waals surface area contributed by atoms with Gasteiger partial charge in [0.25, 0.3) is 0 Å². The maximum absolute atomic E-state index is 5.32. The van der Waals surface area contributed by atoms with Crippen LogP contribution in [-0.4, -0.2) is 41.7 Å². The fraction of sp³-hybridized carbons (Fsp3) is 0.800. The van der Waals surface area contributed by atoms with Crippen molar-refractivity contribution >= 4 is 28.2 Å². The number of aromatic nitrogens is 1. The number of nitrogens with zero attached hydrogens (tertiary/aromatic N) is 2. The number of rotatable bonds is 5. The monoisotopic (exact) mass is 329 g/mol. The molecule has 2 heterocycles. The van der Waals surface area contributed by atoms with E-state index in [4.69, 9.17) is 9.72 Å². The highest BCUT2D eigenvalue weighted by molar-refractivity contribution is 8.00. The van der Waals surface area contributed by atoms with Gasteiger partial charge < -0.3 is 15.0 Å². The second-order valence-electron chi connectivity index (χ2n) is 6.53. The number of hydrogen-bond acceptors (Lipinski definition) is 6. The number of nitrogens with one attached hydrogen (secondary N) is 1. The molecule has 1 N–H and O–H groups in total. The number of anilines is 1. The van der Waals surface area contributed by atoms with Crippen molar-refractivity contribution in [2.75, 3.05) is 30.9 Å². The molecule has 1 fully saturated rings. The summed E-state index contributed by atoms with van der Waals surface area (Å²) in [5.74, 6) is 1.19. The molecule has 1 aromatic rings. The van der Waals surface area contributed by atoms with Crippen molar-refractivity contribution in [2.24, 2.45) is 0 Å². The lowest BCUT2D eigenvalue weighted by Gasteiger charge is -2.30. The molecule has 1 aliphatic heterocycles. The van der Waals surface area contributed by atoms with Crippen LogP contribution in [0.25, 0.3) is 0 Å². The Morgan fingerprint density at radius 3 is 2.81 bits per heavy atom. The first-order valence-electron chi connectivity index (χ1n) is 7.48. The van der Waals surface area contributed by atoms with Crippen molar-refractivity contribution in [1.82, 2.24) is 10.3 Å². The molecule has 0 spiro atoms. The Labute approximate surface area is 136 Å². The third-order valence-corrected chi connectivity index (χ3v) is 5.63. The molecular weight excluding hydrogens is 302 g/mol. The van der Waals surface area contributed by atoms with Crippen LogP contribution in [0.15, 0.2) is 0 Å². The van der Waals surface area contributed by atoms with Crippen LogP contribution < -0.4 is 10.2 Å². The minimum atomic E-state index is 0.116. The Morgan fingerprint density at radius 2 is 2.19 bits per heavy atom.